The van der Waals surface area contributed by atoms with Gasteiger partial charge in [0.15, 0.2) is 0 Å². The van der Waals surface area contributed by atoms with E-state index in [0.29, 0.717) is 12.0 Å². The molecule has 0 bridgehead atoms. The molecule has 18 heavy (non-hydrogen) atoms. The first-order valence-corrected chi connectivity index (χ1v) is 7.28. The van der Waals surface area contributed by atoms with Gasteiger partial charge in [0, 0.05) is 0 Å². The van der Waals surface area contributed by atoms with Crippen LogP contribution < -0.4 is 4.72 Å². The lowest BCUT2D eigenvalue weighted by molar-refractivity contribution is -0.142. The molecule has 0 saturated carbocycles. The Morgan fingerprint density at radius 3 is 2.44 bits per heavy atom. The molecule has 0 spiro atoms. The molecule has 0 fully saturated rings. The Balaban J connectivity index is 2.98. The van der Waals surface area contributed by atoms with Crippen LogP contribution >= 0.6 is 0 Å². The van der Waals surface area contributed by atoms with Gasteiger partial charge in [0.1, 0.15) is 6.04 Å². The SMILES string of the molecule is CCCS(=O)(=O)NC(C(=O)OC)c1ccccc1. The maximum Gasteiger partial charge on any atom is 0.328 e. The van der Waals surface area contributed by atoms with E-state index >= 15 is 0 Å². The van der Waals surface area contributed by atoms with E-state index in [1.54, 1.807) is 37.3 Å². The zero-order valence-corrected chi connectivity index (χ0v) is 11.2. The minimum Gasteiger partial charge on any atom is -0.468 e. The maximum atomic E-state index is 11.7. The summed E-state index contributed by atoms with van der Waals surface area (Å²) in [6, 6.07) is 7.62. The number of esters is 1. The number of nitrogens with one attached hydrogen (secondary N) is 1. The van der Waals surface area contributed by atoms with E-state index in [9.17, 15) is 13.2 Å². The molecule has 0 radical (unpaired) electrons. The number of sulfonamides is 1. The lowest BCUT2D eigenvalue weighted by Crippen LogP contribution is -2.35. The number of hydrogen-bond acceptors (Lipinski definition) is 4. The molecular formula is C12H17NO4S. The number of ether oxygens (including phenoxy) is 1. The molecule has 1 atom stereocenters. The minimum absolute atomic E-state index is 0.0205. The van der Waals surface area contributed by atoms with E-state index in [2.05, 4.69) is 9.46 Å². The molecule has 1 unspecified atom stereocenters. The van der Waals surface area contributed by atoms with Gasteiger partial charge in [-0.3, -0.25) is 0 Å². The van der Waals surface area contributed by atoms with Crippen LogP contribution in [0.25, 0.3) is 0 Å². The first kappa shape index (κ1) is 14.7. The third kappa shape index (κ3) is 4.12. The van der Waals surface area contributed by atoms with E-state index in [0.717, 1.165) is 0 Å². The predicted molar refractivity (Wildman–Crippen MR) is 68.4 cm³/mol. The van der Waals surface area contributed by atoms with Crippen LogP contribution in [-0.2, 0) is 19.6 Å². The Hall–Kier alpha value is -1.40. The van der Waals surface area contributed by atoms with Crippen LogP contribution in [0, 0.1) is 0 Å². The van der Waals surface area contributed by atoms with Crippen molar-refractivity contribution in [3.63, 3.8) is 0 Å². The second kappa shape index (κ2) is 6.51. The van der Waals surface area contributed by atoms with E-state index < -0.39 is 22.0 Å². The van der Waals surface area contributed by atoms with Crippen molar-refractivity contribution in [1.82, 2.24) is 4.72 Å². The molecule has 0 heterocycles. The van der Waals surface area contributed by atoms with Crippen LogP contribution in [0.4, 0.5) is 0 Å². The van der Waals surface area contributed by atoms with Crippen molar-refractivity contribution in [2.45, 2.75) is 19.4 Å². The smallest absolute Gasteiger partial charge is 0.328 e. The summed E-state index contributed by atoms with van der Waals surface area (Å²) >= 11 is 0. The van der Waals surface area contributed by atoms with Crippen LogP contribution in [0.5, 0.6) is 0 Å². The van der Waals surface area contributed by atoms with Gasteiger partial charge in [-0.15, -0.1) is 0 Å². The molecule has 0 aromatic heterocycles. The Labute approximate surface area is 107 Å². The van der Waals surface area contributed by atoms with Crippen molar-refractivity contribution in [1.29, 1.82) is 0 Å². The summed E-state index contributed by atoms with van der Waals surface area (Å²) in [7, 11) is -2.26. The highest BCUT2D eigenvalue weighted by atomic mass is 32.2. The van der Waals surface area contributed by atoms with Gasteiger partial charge in [0.05, 0.1) is 12.9 Å². The highest BCUT2D eigenvalue weighted by molar-refractivity contribution is 7.89. The quantitative estimate of drug-likeness (QED) is 0.790. The van der Waals surface area contributed by atoms with Crippen molar-refractivity contribution in [3.8, 4) is 0 Å². The highest BCUT2D eigenvalue weighted by Crippen LogP contribution is 2.15. The van der Waals surface area contributed by atoms with Gasteiger partial charge >= 0.3 is 5.97 Å². The number of benzene rings is 1. The number of methoxy groups -OCH3 is 1. The van der Waals surface area contributed by atoms with E-state index in [1.165, 1.54) is 7.11 Å². The zero-order valence-electron chi connectivity index (χ0n) is 10.4. The van der Waals surface area contributed by atoms with Crippen molar-refractivity contribution in [2.75, 3.05) is 12.9 Å². The van der Waals surface area contributed by atoms with Crippen molar-refractivity contribution in [2.24, 2.45) is 0 Å². The fourth-order valence-corrected chi connectivity index (χ4v) is 2.77. The maximum absolute atomic E-state index is 11.7. The molecule has 0 aliphatic rings. The largest absolute Gasteiger partial charge is 0.468 e. The summed E-state index contributed by atoms with van der Waals surface area (Å²) < 4.78 is 30.4. The molecule has 1 aromatic carbocycles. The van der Waals surface area contributed by atoms with Crippen molar-refractivity contribution >= 4 is 16.0 Å². The van der Waals surface area contributed by atoms with E-state index in [1.807, 2.05) is 0 Å². The monoisotopic (exact) mass is 271 g/mol. The molecule has 0 saturated heterocycles. The molecule has 5 nitrogen and oxygen atoms in total. The lowest BCUT2D eigenvalue weighted by atomic mass is 10.1. The Kier molecular flexibility index (Phi) is 5.30. The van der Waals surface area contributed by atoms with Gasteiger partial charge in [-0.25, -0.2) is 13.2 Å². The average molecular weight is 271 g/mol. The summed E-state index contributed by atoms with van der Waals surface area (Å²) in [4.78, 5) is 11.6. The van der Waals surface area contributed by atoms with E-state index in [4.69, 9.17) is 0 Å². The summed E-state index contributed by atoms with van der Waals surface area (Å²) in [5, 5.41) is 0. The molecule has 6 heteroatoms. The van der Waals surface area contributed by atoms with Crippen LogP contribution in [0.3, 0.4) is 0 Å². The molecule has 0 aliphatic heterocycles. The standard InChI is InChI=1S/C12H17NO4S/c1-3-9-18(15,16)13-11(12(14)17-2)10-7-5-4-6-8-10/h4-8,11,13H,3,9H2,1-2H3. The molecular weight excluding hydrogens is 254 g/mol. The Morgan fingerprint density at radius 1 is 1.33 bits per heavy atom. The highest BCUT2D eigenvalue weighted by Gasteiger charge is 2.26. The first-order valence-electron chi connectivity index (χ1n) is 5.63. The van der Waals surface area contributed by atoms with Crippen molar-refractivity contribution in [3.05, 3.63) is 35.9 Å². The zero-order chi connectivity index (χ0) is 13.6. The van der Waals surface area contributed by atoms with Crippen LogP contribution in [-0.4, -0.2) is 27.2 Å². The first-order chi connectivity index (χ1) is 8.50. The summed E-state index contributed by atoms with van der Waals surface area (Å²) in [5.74, 6) is -0.645. The minimum atomic E-state index is -3.48. The summed E-state index contributed by atoms with van der Waals surface area (Å²) in [6.07, 6.45) is 0.484. The second-order valence-corrected chi connectivity index (χ2v) is 5.68. The Bertz CT molecular complexity index is 484. The second-order valence-electron chi connectivity index (χ2n) is 3.80. The normalized spacial score (nSPS) is 13.0. The van der Waals surface area contributed by atoms with Crippen LogP contribution in [0.15, 0.2) is 30.3 Å². The predicted octanol–water partition coefficient (Wildman–Crippen LogP) is 1.23. The van der Waals surface area contributed by atoms with Gasteiger partial charge in [0.25, 0.3) is 0 Å². The number of carbonyl (C=O) groups is 1. The molecule has 0 amide bonds. The van der Waals surface area contributed by atoms with Crippen LogP contribution in [0.1, 0.15) is 24.9 Å². The van der Waals surface area contributed by atoms with Gasteiger partial charge in [-0.1, -0.05) is 37.3 Å². The molecule has 100 valence electrons. The average Bonchev–Trinajstić information content (AvgIpc) is 2.36. The topological polar surface area (TPSA) is 72.5 Å². The summed E-state index contributed by atoms with van der Waals surface area (Å²) in [6.45, 7) is 1.76. The fraction of sp³-hybridized carbons (Fsp3) is 0.417. The fourth-order valence-electron chi connectivity index (χ4n) is 1.52. The van der Waals surface area contributed by atoms with Crippen LogP contribution in [0.2, 0.25) is 0 Å². The van der Waals surface area contributed by atoms with Gasteiger partial charge in [-0.05, 0) is 12.0 Å². The van der Waals surface area contributed by atoms with E-state index in [-0.39, 0.29) is 5.75 Å². The molecule has 1 aromatic rings. The third-order valence-corrected chi connectivity index (χ3v) is 3.88. The summed E-state index contributed by atoms with van der Waals surface area (Å²) in [5.41, 5.74) is 0.559. The number of carbonyl (C=O) groups excluding carboxylic acids is 1. The molecule has 0 aliphatic carbocycles. The van der Waals surface area contributed by atoms with Gasteiger partial charge < -0.3 is 4.74 Å². The Morgan fingerprint density at radius 2 is 1.94 bits per heavy atom. The number of rotatable bonds is 6. The van der Waals surface area contributed by atoms with Crippen molar-refractivity contribution < 1.29 is 17.9 Å². The number of hydrogen-bond donors (Lipinski definition) is 1. The van der Waals surface area contributed by atoms with Gasteiger partial charge in [0.2, 0.25) is 10.0 Å². The lowest BCUT2D eigenvalue weighted by Gasteiger charge is -2.16. The molecule has 1 N–H and O–H groups in total. The van der Waals surface area contributed by atoms with Gasteiger partial charge in [-0.2, -0.15) is 4.72 Å². The third-order valence-electron chi connectivity index (χ3n) is 2.34. The molecule has 1 rings (SSSR count).